The van der Waals surface area contributed by atoms with Crippen LogP contribution in [0, 0.1) is 6.92 Å². The molecule has 0 fully saturated rings. The molecule has 5 aromatic rings. The summed E-state index contributed by atoms with van der Waals surface area (Å²) in [7, 11) is 0. The second-order valence-corrected chi connectivity index (χ2v) is 13.7. The van der Waals surface area contributed by atoms with Gasteiger partial charge in [0.2, 0.25) is 0 Å². The summed E-state index contributed by atoms with van der Waals surface area (Å²) in [5.41, 5.74) is 4.67. The predicted molar refractivity (Wildman–Crippen MR) is 160 cm³/mol. The Morgan fingerprint density at radius 1 is 0.927 bits per heavy atom. The highest BCUT2D eigenvalue weighted by atomic mass is 35.5. The number of pyridine rings is 1. The number of halogens is 4. The Bertz CT molecular complexity index is 1680. The zero-order chi connectivity index (χ0) is 29.6. The molecule has 0 spiro atoms. The fourth-order valence-corrected chi connectivity index (χ4v) is 8.98. The molecule has 210 valence electrons. The van der Waals surface area contributed by atoms with E-state index in [-0.39, 0.29) is 0 Å². The number of fused-ring (bicyclic) bond motifs is 1. The van der Waals surface area contributed by atoms with E-state index in [0.717, 1.165) is 22.8 Å². The predicted octanol–water partition coefficient (Wildman–Crippen LogP) is 4.96. The SMILES string of the molecule is Cc1c(P(=S)(c2ccccc2)c2ccccc2)[n+]2ccccc2n1C/C=C/c1ccc(Cl)cc1.O=C([O-])C(F)(F)F. The maximum absolute atomic E-state index is 10.5. The molecule has 0 aliphatic carbocycles. The van der Waals surface area contributed by atoms with Crippen LogP contribution < -0.4 is 25.6 Å². The van der Waals surface area contributed by atoms with Gasteiger partial charge in [0.15, 0.2) is 5.44 Å². The molecule has 0 aliphatic rings. The van der Waals surface area contributed by atoms with Crippen LogP contribution >= 0.6 is 17.6 Å². The second-order valence-electron chi connectivity index (χ2n) is 8.97. The van der Waals surface area contributed by atoms with Crippen LogP contribution in [0.5, 0.6) is 0 Å². The second kappa shape index (κ2) is 12.9. The normalized spacial score (nSPS) is 11.8. The minimum atomic E-state index is -5.19. The fourth-order valence-electron chi connectivity index (χ4n) is 4.45. The summed E-state index contributed by atoms with van der Waals surface area (Å²) in [4.78, 5) is 8.78. The average Bonchev–Trinajstić information content (AvgIpc) is 3.26. The van der Waals surface area contributed by atoms with Crippen molar-refractivity contribution in [1.82, 2.24) is 4.57 Å². The molecule has 0 radical (unpaired) electrons. The molecule has 0 atom stereocenters. The lowest BCUT2D eigenvalue weighted by molar-refractivity contribution is -0.490. The Hall–Kier alpha value is -3.71. The van der Waals surface area contributed by atoms with E-state index in [4.69, 9.17) is 33.3 Å². The molecule has 3 aromatic carbocycles. The van der Waals surface area contributed by atoms with Crippen molar-refractivity contribution in [1.29, 1.82) is 0 Å². The first-order chi connectivity index (χ1) is 19.5. The number of hydrogen-bond acceptors (Lipinski definition) is 3. The summed E-state index contributed by atoms with van der Waals surface area (Å²) in [5, 5.41) is 11.9. The van der Waals surface area contributed by atoms with Gasteiger partial charge >= 0.3 is 6.18 Å². The summed E-state index contributed by atoms with van der Waals surface area (Å²) in [6.07, 6.45) is 1.28. The number of rotatable bonds is 6. The molecule has 0 saturated heterocycles. The van der Waals surface area contributed by atoms with Crippen LogP contribution in [-0.2, 0) is 23.1 Å². The third-order valence-corrected chi connectivity index (χ3v) is 11.5. The molecule has 2 heterocycles. The van der Waals surface area contributed by atoms with E-state index in [2.05, 4.69) is 113 Å². The van der Waals surface area contributed by atoms with Crippen molar-refractivity contribution in [2.24, 2.45) is 0 Å². The first kappa shape index (κ1) is 30.3. The number of aromatic nitrogens is 2. The minimum Gasteiger partial charge on any atom is -0.542 e. The van der Waals surface area contributed by atoms with E-state index in [0.29, 0.717) is 0 Å². The first-order valence-electron chi connectivity index (χ1n) is 12.4. The van der Waals surface area contributed by atoms with E-state index in [1.807, 2.05) is 24.3 Å². The molecular formula is C31H25ClF3N2O2PS. The molecule has 41 heavy (non-hydrogen) atoms. The van der Waals surface area contributed by atoms with E-state index in [9.17, 15) is 13.2 Å². The van der Waals surface area contributed by atoms with Crippen molar-refractivity contribution in [3.63, 3.8) is 0 Å². The Morgan fingerprint density at radius 2 is 1.44 bits per heavy atom. The lowest BCUT2D eigenvalue weighted by Crippen LogP contribution is -2.42. The number of imidazole rings is 1. The fraction of sp³-hybridized carbons (Fsp3) is 0.0968. The Balaban J connectivity index is 0.000000493. The van der Waals surface area contributed by atoms with Gasteiger partial charge in [0.05, 0.1) is 12.2 Å². The van der Waals surface area contributed by atoms with Crippen LogP contribution in [0.4, 0.5) is 13.2 Å². The Labute approximate surface area is 246 Å². The van der Waals surface area contributed by atoms with Crippen molar-refractivity contribution < 1.29 is 27.5 Å². The minimum absolute atomic E-state index is 0.748. The summed E-state index contributed by atoms with van der Waals surface area (Å²) in [5.74, 6) is -3.01. The summed E-state index contributed by atoms with van der Waals surface area (Å²) in [6, 6.07) is 33.1. The molecule has 0 N–H and O–H groups in total. The van der Waals surface area contributed by atoms with Gasteiger partial charge in [-0.05, 0) is 40.4 Å². The number of benzene rings is 3. The molecule has 5 rings (SSSR count). The number of carboxylic acids is 1. The van der Waals surface area contributed by atoms with Crippen LogP contribution in [0.15, 0.2) is 115 Å². The topological polar surface area (TPSA) is 49.2 Å². The van der Waals surface area contributed by atoms with E-state index in [1.54, 1.807) is 0 Å². The number of nitrogens with zero attached hydrogens (tertiary/aromatic N) is 2. The molecule has 0 amide bonds. The van der Waals surface area contributed by atoms with Crippen molar-refractivity contribution in [2.75, 3.05) is 0 Å². The van der Waals surface area contributed by atoms with Gasteiger partial charge in [-0.3, -0.25) is 0 Å². The molecule has 2 aromatic heterocycles. The van der Waals surface area contributed by atoms with Gasteiger partial charge < -0.3 is 9.90 Å². The van der Waals surface area contributed by atoms with Gasteiger partial charge in [-0.15, -0.1) is 0 Å². The van der Waals surface area contributed by atoms with Crippen molar-refractivity contribution >= 4 is 63.2 Å². The van der Waals surface area contributed by atoms with Gasteiger partial charge in [0.25, 0.3) is 5.65 Å². The number of carbonyl (C=O) groups excluding carboxylic acids is 1. The highest BCUT2D eigenvalue weighted by Crippen LogP contribution is 2.43. The number of carboxylic acid groups (broad SMARTS) is 1. The summed E-state index contributed by atoms with van der Waals surface area (Å²) < 4.78 is 36.2. The molecular weight excluding hydrogens is 588 g/mol. The molecule has 0 saturated carbocycles. The first-order valence-corrected chi connectivity index (χ1v) is 15.6. The highest BCUT2D eigenvalue weighted by Gasteiger charge is 2.36. The molecule has 0 unspecified atom stereocenters. The molecule has 0 bridgehead atoms. The van der Waals surface area contributed by atoms with Crippen LogP contribution in [0.25, 0.3) is 11.7 Å². The summed E-state index contributed by atoms with van der Waals surface area (Å²) in [6.45, 7) is 2.95. The van der Waals surface area contributed by atoms with E-state index in [1.165, 1.54) is 21.7 Å². The molecule has 0 aliphatic heterocycles. The standard InChI is InChI=1S/C29H25ClN2PS.C2HF3O2/c1-23-29(33(34,26-12-4-2-5-13-26)27-14-6-3-7-15-27)32-21-9-8-16-28(32)31(23)22-10-11-24-17-19-25(30)20-18-24;3-2(4,5)1(6)7/h2-21H,22H2,1H3;(H,6,7)/q+1;/p-1/b11-10+;. The van der Waals surface area contributed by atoms with Gasteiger partial charge in [-0.1, -0.05) is 108 Å². The van der Waals surface area contributed by atoms with Crippen LogP contribution in [-0.4, -0.2) is 16.7 Å². The zero-order valence-electron chi connectivity index (χ0n) is 21.8. The van der Waals surface area contributed by atoms with Crippen LogP contribution in [0.3, 0.4) is 0 Å². The third-order valence-electron chi connectivity index (χ3n) is 6.31. The molecule has 4 nitrogen and oxygen atoms in total. The Morgan fingerprint density at radius 3 is 1.95 bits per heavy atom. The monoisotopic (exact) mass is 612 g/mol. The van der Waals surface area contributed by atoms with E-state index < -0.39 is 18.2 Å². The maximum atomic E-state index is 10.5. The van der Waals surface area contributed by atoms with Crippen molar-refractivity contribution in [3.8, 4) is 0 Å². The lowest BCUT2D eigenvalue weighted by Gasteiger charge is -2.21. The maximum Gasteiger partial charge on any atom is 0.430 e. The number of alkyl halides is 3. The lowest BCUT2D eigenvalue weighted by atomic mass is 10.2. The third kappa shape index (κ3) is 6.79. The average molecular weight is 613 g/mol. The Kier molecular flexibility index (Phi) is 9.49. The largest absolute Gasteiger partial charge is 0.542 e. The highest BCUT2D eigenvalue weighted by molar-refractivity contribution is 8.25. The zero-order valence-corrected chi connectivity index (χ0v) is 24.3. The number of carbonyl (C=O) groups is 1. The molecule has 10 heteroatoms. The van der Waals surface area contributed by atoms with Gasteiger partial charge in [-0.25, -0.2) is 4.57 Å². The van der Waals surface area contributed by atoms with E-state index >= 15 is 0 Å². The quantitative estimate of drug-likeness (QED) is 0.201. The number of aliphatic carboxylic acids is 1. The van der Waals surface area contributed by atoms with Crippen molar-refractivity contribution in [2.45, 2.75) is 19.6 Å². The smallest absolute Gasteiger partial charge is 0.430 e. The van der Waals surface area contributed by atoms with Gasteiger partial charge in [0, 0.05) is 18.0 Å². The van der Waals surface area contributed by atoms with Crippen LogP contribution in [0.1, 0.15) is 11.3 Å². The van der Waals surface area contributed by atoms with Crippen LogP contribution in [0.2, 0.25) is 5.02 Å². The number of hydrogen-bond donors (Lipinski definition) is 0. The summed E-state index contributed by atoms with van der Waals surface area (Å²) >= 11 is 12.7. The van der Waals surface area contributed by atoms with Gasteiger partial charge in [-0.2, -0.15) is 17.6 Å². The van der Waals surface area contributed by atoms with Gasteiger partial charge in [0.1, 0.15) is 18.2 Å². The number of allylic oxidation sites excluding steroid dienone is 1. The van der Waals surface area contributed by atoms with Crippen molar-refractivity contribution in [3.05, 3.63) is 132 Å².